The minimum Gasteiger partial charge on any atom is -0.481 e. The van der Waals surface area contributed by atoms with Crippen LogP contribution in [0.5, 0.6) is 0 Å². The highest BCUT2D eigenvalue weighted by atomic mass is 16.4. The van der Waals surface area contributed by atoms with Crippen molar-refractivity contribution < 1.29 is 89.1 Å². The highest BCUT2D eigenvalue weighted by Crippen LogP contribution is 2.03. The molecule has 0 aliphatic heterocycles. The number of carboxylic acids is 9. The molecule has 0 spiro atoms. The lowest BCUT2D eigenvalue weighted by molar-refractivity contribution is -0.135. The van der Waals surface area contributed by atoms with Gasteiger partial charge in [-0.25, -0.2) is 0 Å². The second-order valence-corrected chi connectivity index (χ2v) is 6.94. The van der Waals surface area contributed by atoms with E-state index in [4.69, 9.17) is 89.1 Å². The molecular weight excluding hydrogens is 600 g/mol. The van der Waals surface area contributed by atoms with E-state index < -0.39 is 53.7 Å². The lowest BCUT2D eigenvalue weighted by Crippen LogP contribution is -1.78. The minimum atomic E-state index is -0.833. The Kier molecular flexibility index (Phi) is 101. The van der Waals surface area contributed by atoms with Crippen molar-refractivity contribution in [2.24, 2.45) is 0 Å². The average molecular weight is 654 g/mol. The molecule has 265 valence electrons. The summed E-state index contributed by atoms with van der Waals surface area (Å²) in [5.41, 5.74) is 0. The molecule has 0 rings (SSSR count). The number of carbonyl (C=O) groups is 9. The molecule has 9 N–H and O–H groups in total. The second kappa shape index (κ2) is 66.5. The zero-order valence-electron chi connectivity index (χ0n) is 27.1. The first kappa shape index (κ1) is 67.1. The first-order chi connectivity index (χ1) is 19.5. The van der Waals surface area contributed by atoms with Gasteiger partial charge in [0, 0.05) is 62.3 Å². The summed E-state index contributed by atoms with van der Waals surface area (Å²) >= 11 is 0. The van der Waals surface area contributed by atoms with Gasteiger partial charge in [-0.2, -0.15) is 0 Å². The average Bonchev–Trinajstić information content (AvgIpc) is 2.67. The number of unbranched alkanes of at least 4 members (excludes halogenated alkanes) is 5. The highest BCUT2D eigenvalue weighted by Gasteiger charge is 1.83. The largest absolute Gasteiger partial charge is 0.481 e. The Morgan fingerprint density at radius 1 is 0.341 bits per heavy atom. The van der Waals surface area contributed by atoms with E-state index in [0.717, 1.165) is 68.7 Å². The molecule has 0 amide bonds. The fourth-order valence-corrected chi connectivity index (χ4v) is 0.780. The third-order valence-corrected chi connectivity index (χ3v) is 1.35. The van der Waals surface area contributed by atoms with Crippen molar-refractivity contribution in [2.75, 3.05) is 0 Å². The first-order valence-electron chi connectivity index (χ1n) is 12.1. The standard InChI is InChI=1S/C8H17.9C2H4O2/c1-3-5-7-8-6-4-2;9*1-2(3)4/h1,3-8H2,2H3;9*1H3,(H,3,4). The van der Waals surface area contributed by atoms with Gasteiger partial charge in [-0.3, -0.25) is 43.2 Å². The highest BCUT2D eigenvalue weighted by molar-refractivity contribution is 5.64. The van der Waals surface area contributed by atoms with Crippen LogP contribution in [0.1, 0.15) is 108 Å². The van der Waals surface area contributed by atoms with Crippen LogP contribution in [-0.4, -0.2) is 99.7 Å². The van der Waals surface area contributed by atoms with Crippen molar-refractivity contribution in [3.63, 3.8) is 0 Å². The predicted octanol–water partition coefficient (Wildman–Crippen LogP) is 4.00. The van der Waals surface area contributed by atoms with Crippen molar-refractivity contribution in [1.82, 2.24) is 0 Å². The van der Waals surface area contributed by atoms with Crippen LogP contribution in [0.4, 0.5) is 0 Å². The summed E-state index contributed by atoms with van der Waals surface area (Å²) in [7, 11) is 0. The Morgan fingerprint density at radius 2 is 0.455 bits per heavy atom. The molecule has 0 unspecified atom stereocenters. The molecule has 1 radical (unpaired) electrons. The summed E-state index contributed by atoms with van der Waals surface area (Å²) in [5.74, 6) is -7.50. The zero-order valence-corrected chi connectivity index (χ0v) is 27.1. The molecule has 18 heteroatoms. The SMILES string of the molecule is CC(=O)O.CC(=O)O.CC(=O)O.CC(=O)O.CC(=O)O.CC(=O)O.CC(=O)O.CC(=O)O.CC(=O)O.[CH2]CCCCCCC. The Labute approximate surface area is 258 Å². The molecule has 0 heterocycles. The van der Waals surface area contributed by atoms with Gasteiger partial charge in [0.05, 0.1) is 0 Å². The molecular formula is C26H53O18. The van der Waals surface area contributed by atoms with Gasteiger partial charge in [0.25, 0.3) is 53.7 Å². The quantitative estimate of drug-likeness (QED) is 0.189. The monoisotopic (exact) mass is 653 g/mol. The summed E-state index contributed by atoms with van der Waals surface area (Å²) in [6.45, 7) is 15.8. The van der Waals surface area contributed by atoms with E-state index in [0.29, 0.717) is 0 Å². The first-order valence-corrected chi connectivity index (χ1v) is 12.1. The van der Waals surface area contributed by atoms with Gasteiger partial charge in [-0.05, 0) is 0 Å². The van der Waals surface area contributed by atoms with Gasteiger partial charge >= 0.3 is 0 Å². The maximum Gasteiger partial charge on any atom is 0.300 e. The second-order valence-electron chi connectivity index (χ2n) is 6.94. The molecule has 0 aliphatic carbocycles. The Balaban J connectivity index is -0.0000000370. The fourth-order valence-electron chi connectivity index (χ4n) is 0.780. The van der Waals surface area contributed by atoms with E-state index in [-0.39, 0.29) is 0 Å². The third kappa shape index (κ3) is 924000. The molecule has 0 aliphatic rings. The topological polar surface area (TPSA) is 336 Å². The van der Waals surface area contributed by atoms with E-state index in [1.807, 2.05) is 0 Å². The normalized spacial score (nSPS) is 6.89. The molecule has 0 bridgehead atoms. The molecule has 0 fully saturated rings. The van der Waals surface area contributed by atoms with Gasteiger partial charge in [-0.15, -0.1) is 0 Å². The molecule has 0 atom stereocenters. The van der Waals surface area contributed by atoms with Crippen molar-refractivity contribution in [3.8, 4) is 0 Å². The fraction of sp³-hybridized carbons (Fsp3) is 0.615. The number of rotatable bonds is 5. The van der Waals surface area contributed by atoms with Crippen LogP contribution >= 0.6 is 0 Å². The van der Waals surface area contributed by atoms with Gasteiger partial charge in [-0.1, -0.05) is 52.4 Å². The van der Waals surface area contributed by atoms with Crippen molar-refractivity contribution in [3.05, 3.63) is 6.92 Å². The molecule has 0 saturated heterocycles. The van der Waals surface area contributed by atoms with Gasteiger partial charge in [0.2, 0.25) is 0 Å². The molecule has 0 aromatic carbocycles. The van der Waals surface area contributed by atoms with E-state index >= 15 is 0 Å². The van der Waals surface area contributed by atoms with Crippen molar-refractivity contribution in [2.45, 2.75) is 108 Å². The number of carboxylic acid groups (broad SMARTS) is 9. The lowest BCUT2D eigenvalue weighted by atomic mass is 10.1. The van der Waals surface area contributed by atoms with Crippen LogP contribution in [0.2, 0.25) is 0 Å². The zero-order chi connectivity index (χ0) is 38.4. The van der Waals surface area contributed by atoms with Crippen LogP contribution in [0.25, 0.3) is 0 Å². The Bertz CT molecular complexity index is 503. The molecule has 18 nitrogen and oxygen atoms in total. The van der Waals surface area contributed by atoms with Crippen LogP contribution in [0.3, 0.4) is 0 Å². The summed E-state index contributed by atoms with van der Waals surface area (Å²) in [4.78, 5) is 81.0. The van der Waals surface area contributed by atoms with Gasteiger partial charge in [0.15, 0.2) is 0 Å². The van der Waals surface area contributed by atoms with E-state index in [1.165, 1.54) is 32.1 Å². The van der Waals surface area contributed by atoms with E-state index in [2.05, 4.69) is 13.8 Å². The Morgan fingerprint density at radius 3 is 0.545 bits per heavy atom. The van der Waals surface area contributed by atoms with Crippen LogP contribution < -0.4 is 0 Å². The number of hydrogen-bond acceptors (Lipinski definition) is 9. The predicted molar refractivity (Wildman–Crippen MR) is 159 cm³/mol. The van der Waals surface area contributed by atoms with Crippen LogP contribution in [0, 0.1) is 6.92 Å². The van der Waals surface area contributed by atoms with Crippen molar-refractivity contribution in [1.29, 1.82) is 0 Å². The summed E-state index contributed by atoms with van der Waals surface area (Å²) < 4.78 is 0. The summed E-state index contributed by atoms with van der Waals surface area (Å²) in [6, 6.07) is 0. The Hall–Kier alpha value is -4.77. The molecule has 44 heavy (non-hydrogen) atoms. The van der Waals surface area contributed by atoms with Gasteiger partial charge in [0.1, 0.15) is 0 Å². The summed E-state index contributed by atoms with van der Waals surface area (Å²) in [6.07, 6.45) is 7.98. The smallest absolute Gasteiger partial charge is 0.300 e. The maximum atomic E-state index is 9.00. The molecule has 0 saturated carbocycles. The molecule has 0 aromatic heterocycles. The number of aliphatic carboxylic acids is 9. The van der Waals surface area contributed by atoms with Crippen LogP contribution in [0.15, 0.2) is 0 Å². The summed E-state index contributed by atoms with van der Waals surface area (Å²) in [5, 5.41) is 66.7. The van der Waals surface area contributed by atoms with Crippen molar-refractivity contribution >= 4 is 53.7 Å². The lowest BCUT2D eigenvalue weighted by Gasteiger charge is -1.93. The maximum absolute atomic E-state index is 9.00. The van der Waals surface area contributed by atoms with Crippen LogP contribution in [-0.2, 0) is 43.2 Å². The van der Waals surface area contributed by atoms with E-state index in [9.17, 15) is 0 Å². The third-order valence-electron chi connectivity index (χ3n) is 1.35. The van der Waals surface area contributed by atoms with Gasteiger partial charge < -0.3 is 46.0 Å². The number of hydrogen-bond donors (Lipinski definition) is 9. The minimum absolute atomic E-state index is 0.833. The molecule has 0 aromatic rings. The van der Waals surface area contributed by atoms with E-state index in [1.54, 1.807) is 0 Å².